The van der Waals surface area contributed by atoms with Crippen LogP contribution in [0.5, 0.6) is 0 Å². The highest BCUT2D eigenvalue weighted by atomic mass is 35.5. The van der Waals surface area contributed by atoms with Crippen molar-refractivity contribution in [1.29, 1.82) is 0 Å². The van der Waals surface area contributed by atoms with Crippen LogP contribution in [-0.4, -0.2) is 20.0 Å². The third-order valence-corrected chi connectivity index (χ3v) is 6.74. The molecule has 0 aliphatic heterocycles. The molecule has 7 nitrogen and oxygen atoms in total. The Hall–Kier alpha value is -3.27. The smallest absolute Gasteiger partial charge is 0.300 e. The topological polar surface area (TPSA) is 86.0 Å². The van der Waals surface area contributed by atoms with E-state index < -0.39 is 17.2 Å². The molecule has 0 aliphatic carbocycles. The number of anilines is 1. The molecule has 3 aromatic heterocycles. The van der Waals surface area contributed by atoms with Crippen LogP contribution in [-0.2, 0) is 11.3 Å². The zero-order chi connectivity index (χ0) is 21.5. The van der Waals surface area contributed by atoms with E-state index in [9.17, 15) is 14.4 Å². The second kappa shape index (κ2) is 7.77. The van der Waals surface area contributed by atoms with Gasteiger partial charge in [-0.15, -0.1) is 11.3 Å². The molecule has 10 heteroatoms. The maximum absolute atomic E-state index is 13.2. The summed E-state index contributed by atoms with van der Waals surface area (Å²) in [5, 5.41) is 5.32. The van der Waals surface area contributed by atoms with Gasteiger partial charge in [-0.25, -0.2) is 14.3 Å². The number of benzene rings is 2. The molecule has 154 valence electrons. The van der Waals surface area contributed by atoms with Crippen LogP contribution < -0.4 is 16.6 Å². The minimum Gasteiger partial charge on any atom is -0.300 e. The molecule has 0 fully saturated rings. The fourth-order valence-corrected chi connectivity index (χ4v) is 5.20. The minimum atomic E-state index is -0.613. The summed E-state index contributed by atoms with van der Waals surface area (Å²) in [5.41, 5.74) is 0.489. The molecule has 0 bridgehead atoms. The summed E-state index contributed by atoms with van der Waals surface area (Å²) >= 11 is 8.62. The van der Waals surface area contributed by atoms with Gasteiger partial charge in [-0.3, -0.25) is 14.2 Å². The first-order chi connectivity index (χ1) is 15.0. The summed E-state index contributed by atoms with van der Waals surface area (Å²) in [6.45, 7) is -0.261. The second-order valence-corrected chi connectivity index (χ2v) is 9.04. The molecule has 0 unspecified atom stereocenters. The van der Waals surface area contributed by atoms with E-state index in [1.165, 1.54) is 33.3 Å². The molecular formula is C21H13ClN4O3S2. The number of hydrogen-bond donors (Lipinski definition) is 1. The second-order valence-electron chi connectivity index (χ2n) is 6.66. The van der Waals surface area contributed by atoms with Gasteiger partial charge in [-0.05, 0) is 41.8 Å². The number of thiophene rings is 1. The summed E-state index contributed by atoms with van der Waals surface area (Å²) in [6, 6.07) is 15.7. The molecule has 5 rings (SSSR count). The number of hydrogen-bond acceptors (Lipinski definition) is 6. The van der Waals surface area contributed by atoms with Crippen LogP contribution in [0.15, 0.2) is 69.6 Å². The molecular weight excluding hydrogens is 456 g/mol. The predicted octanol–water partition coefficient (Wildman–Crippen LogP) is 4.12. The van der Waals surface area contributed by atoms with E-state index in [0.717, 1.165) is 14.8 Å². The zero-order valence-electron chi connectivity index (χ0n) is 15.7. The Morgan fingerprint density at radius 1 is 1.10 bits per heavy atom. The Bertz CT molecular complexity index is 1550. The predicted molar refractivity (Wildman–Crippen MR) is 125 cm³/mol. The van der Waals surface area contributed by atoms with Crippen LogP contribution in [0.4, 0.5) is 5.13 Å². The Labute approximate surface area is 187 Å². The summed E-state index contributed by atoms with van der Waals surface area (Å²) in [4.78, 5) is 43.3. The molecule has 0 saturated heterocycles. The lowest BCUT2D eigenvalue weighted by Crippen LogP contribution is -2.40. The maximum atomic E-state index is 13.2. The van der Waals surface area contributed by atoms with Gasteiger partial charge in [-0.2, -0.15) is 0 Å². The molecule has 1 amide bonds. The monoisotopic (exact) mass is 468 g/mol. The lowest BCUT2D eigenvalue weighted by Gasteiger charge is -2.12. The fourth-order valence-electron chi connectivity index (χ4n) is 3.31. The summed E-state index contributed by atoms with van der Waals surface area (Å²) in [5.74, 6) is -0.412. The Morgan fingerprint density at radius 2 is 1.94 bits per heavy atom. The van der Waals surface area contributed by atoms with Crippen molar-refractivity contribution in [3.63, 3.8) is 0 Å². The molecule has 5 aromatic rings. The number of nitrogens with zero attached hydrogens (tertiary/aromatic N) is 3. The van der Waals surface area contributed by atoms with Gasteiger partial charge in [-0.1, -0.05) is 41.1 Å². The van der Waals surface area contributed by atoms with E-state index in [4.69, 9.17) is 11.6 Å². The van der Waals surface area contributed by atoms with Crippen LogP contribution in [0.3, 0.4) is 0 Å². The van der Waals surface area contributed by atoms with Crippen LogP contribution in [0.1, 0.15) is 0 Å². The van der Waals surface area contributed by atoms with Crippen molar-refractivity contribution in [2.24, 2.45) is 0 Å². The van der Waals surface area contributed by atoms with Gasteiger partial charge in [0.2, 0.25) is 5.91 Å². The normalized spacial score (nSPS) is 11.3. The zero-order valence-corrected chi connectivity index (χ0v) is 18.1. The number of aromatic nitrogens is 3. The van der Waals surface area contributed by atoms with Gasteiger partial charge in [0.05, 0.1) is 21.4 Å². The number of thiazole rings is 1. The number of carbonyl (C=O) groups excluding carboxylic acids is 1. The van der Waals surface area contributed by atoms with Crippen molar-refractivity contribution in [3.8, 4) is 5.69 Å². The van der Waals surface area contributed by atoms with Crippen molar-refractivity contribution in [2.45, 2.75) is 6.54 Å². The Balaban J connectivity index is 1.56. The van der Waals surface area contributed by atoms with E-state index in [1.807, 2.05) is 24.3 Å². The maximum Gasteiger partial charge on any atom is 0.336 e. The fraction of sp³-hybridized carbons (Fsp3) is 0.0476. The molecule has 31 heavy (non-hydrogen) atoms. The Kier molecular flexibility index (Phi) is 4.93. The molecule has 0 spiro atoms. The van der Waals surface area contributed by atoms with Crippen LogP contribution in [0.2, 0.25) is 5.02 Å². The average Bonchev–Trinajstić information content (AvgIpc) is 3.38. The van der Waals surface area contributed by atoms with Gasteiger partial charge >= 0.3 is 5.69 Å². The number of nitrogens with one attached hydrogen (secondary N) is 1. The van der Waals surface area contributed by atoms with Crippen molar-refractivity contribution >= 4 is 65.7 Å². The number of fused-ring (bicyclic) bond motifs is 2. The third-order valence-electron chi connectivity index (χ3n) is 4.66. The Morgan fingerprint density at radius 3 is 2.74 bits per heavy atom. The van der Waals surface area contributed by atoms with Gasteiger partial charge in [0.25, 0.3) is 5.56 Å². The largest absolute Gasteiger partial charge is 0.336 e. The van der Waals surface area contributed by atoms with E-state index in [1.54, 1.807) is 29.6 Å². The lowest BCUT2D eigenvalue weighted by atomic mass is 10.3. The SMILES string of the molecule is O=C(Cn1c(=O)n(-c2cccc(Cl)c2)c(=O)c2sccc21)Nc1nc2ccccc2s1. The number of rotatable bonds is 4. The van der Waals surface area contributed by atoms with Crippen molar-refractivity contribution < 1.29 is 4.79 Å². The first-order valence-corrected chi connectivity index (χ1v) is 11.2. The molecule has 0 aliphatic rings. The molecule has 1 N–H and O–H groups in total. The van der Waals surface area contributed by atoms with Crippen molar-refractivity contribution in [2.75, 3.05) is 5.32 Å². The summed E-state index contributed by atoms with van der Waals surface area (Å²) < 4.78 is 3.66. The highest BCUT2D eigenvalue weighted by Crippen LogP contribution is 2.25. The quantitative estimate of drug-likeness (QED) is 0.430. The lowest BCUT2D eigenvalue weighted by molar-refractivity contribution is -0.116. The van der Waals surface area contributed by atoms with Crippen molar-refractivity contribution in [3.05, 3.63) is 85.8 Å². The van der Waals surface area contributed by atoms with Gasteiger partial charge in [0, 0.05) is 5.02 Å². The van der Waals surface area contributed by atoms with Crippen LogP contribution in [0.25, 0.3) is 26.1 Å². The average molecular weight is 469 g/mol. The summed E-state index contributed by atoms with van der Waals surface area (Å²) in [7, 11) is 0. The highest BCUT2D eigenvalue weighted by Gasteiger charge is 2.18. The minimum absolute atomic E-state index is 0.261. The third kappa shape index (κ3) is 3.56. The van der Waals surface area contributed by atoms with E-state index in [-0.39, 0.29) is 6.54 Å². The molecule has 2 aromatic carbocycles. The number of carbonyl (C=O) groups is 1. The van der Waals surface area contributed by atoms with Crippen LogP contribution >= 0.6 is 34.3 Å². The van der Waals surface area contributed by atoms with Gasteiger partial charge in [0.15, 0.2) is 5.13 Å². The number of para-hydroxylation sites is 1. The van der Waals surface area contributed by atoms with E-state index in [0.29, 0.717) is 26.1 Å². The van der Waals surface area contributed by atoms with Crippen LogP contribution in [0, 0.1) is 0 Å². The van der Waals surface area contributed by atoms with Gasteiger partial charge in [0.1, 0.15) is 11.2 Å². The number of halogens is 1. The first kappa shape index (κ1) is 19.7. The highest BCUT2D eigenvalue weighted by molar-refractivity contribution is 7.22. The standard InChI is InChI=1S/C21H13ClN4O3S2/c22-12-4-3-5-13(10-12)26-19(28)18-15(8-9-30-18)25(21(26)29)11-17(27)24-20-23-14-6-1-2-7-16(14)31-20/h1-10H,11H2,(H,23,24,27). The molecule has 0 radical (unpaired) electrons. The summed E-state index contributed by atoms with van der Waals surface area (Å²) in [6.07, 6.45) is 0. The number of amides is 1. The van der Waals surface area contributed by atoms with Crippen molar-refractivity contribution in [1.82, 2.24) is 14.1 Å². The van der Waals surface area contributed by atoms with E-state index >= 15 is 0 Å². The molecule has 0 saturated carbocycles. The molecule has 3 heterocycles. The van der Waals surface area contributed by atoms with E-state index in [2.05, 4.69) is 10.3 Å². The first-order valence-electron chi connectivity index (χ1n) is 9.16. The molecule has 0 atom stereocenters. The van der Waals surface area contributed by atoms with Gasteiger partial charge < -0.3 is 5.32 Å².